The summed E-state index contributed by atoms with van der Waals surface area (Å²) < 4.78 is 19.6. The zero-order valence-corrected chi connectivity index (χ0v) is 28.1. The molecule has 0 bridgehead atoms. The van der Waals surface area contributed by atoms with Gasteiger partial charge in [-0.25, -0.2) is 4.98 Å². The van der Waals surface area contributed by atoms with E-state index in [1.54, 1.807) is 18.3 Å². The molecule has 4 aromatic carbocycles. The molecule has 13 heteroatoms. The largest absolute Gasteiger partial charge is 1.00 e. The number of aromatic hydroxyl groups is 1. The minimum atomic E-state index is -2.00. The number of pyridine rings is 2. The molecule has 49 heavy (non-hydrogen) atoms. The second kappa shape index (κ2) is 18.6. The standard InChI is InChI=1S/C18H13N3O.C18H16O3P.Ag.NO3/c22-16-10-2-1-7-13(16)18-20-17(14-8-3-5-11-19-14)15-9-4-6-12-21(15)18;1-4-10-16(11-5-1)19-22(20-17-12-6-2-7-13-17)21-18-14-8-3-9-15-18;;2-1(3)4/h1-12,22H;1-15,22H;;/q;2*+1;-1. The number of hydrogen-bond acceptors (Lipinski definition) is 9. The number of para-hydroxylation sites is 4. The number of nitrogens with zero attached hydrogens (tertiary/aromatic N) is 4. The van der Waals surface area contributed by atoms with Crippen LogP contribution >= 0.6 is 8.60 Å². The second-order valence-electron chi connectivity index (χ2n) is 9.69. The van der Waals surface area contributed by atoms with Gasteiger partial charge >= 0.3 is 31.0 Å². The Kier molecular flexibility index (Phi) is 13.7. The Morgan fingerprint density at radius 1 is 0.633 bits per heavy atom. The maximum Gasteiger partial charge on any atom is 1.00 e. The quantitative estimate of drug-likeness (QED) is 0.0695. The van der Waals surface area contributed by atoms with Crippen LogP contribution in [0.4, 0.5) is 0 Å². The van der Waals surface area contributed by atoms with Crippen LogP contribution in [0.25, 0.3) is 28.3 Å². The van der Waals surface area contributed by atoms with Gasteiger partial charge in [0.05, 0.1) is 21.9 Å². The van der Waals surface area contributed by atoms with Crippen LogP contribution in [0.15, 0.2) is 164 Å². The van der Waals surface area contributed by atoms with Crippen molar-refractivity contribution in [2.45, 2.75) is 0 Å². The molecule has 0 aliphatic heterocycles. The smallest absolute Gasteiger partial charge is 0.507 e. The van der Waals surface area contributed by atoms with Crippen molar-refractivity contribution in [2.24, 2.45) is 0 Å². The SMILES string of the molecule is O=[N+]([O-])[O-].Oc1ccccc1-c1nc(-c2ccccn2)c2ccccn12.[Ag+].c1ccc(O[PH+](Oc2ccccc2)Oc2ccccc2)cc1. The summed E-state index contributed by atoms with van der Waals surface area (Å²) in [4.78, 5) is 17.4. The molecule has 0 spiro atoms. The first-order valence-electron chi connectivity index (χ1n) is 14.5. The van der Waals surface area contributed by atoms with E-state index in [0.717, 1.165) is 34.2 Å². The van der Waals surface area contributed by atoms with Gasteiger partial charge < -0.3 is 20.4 Å². The Bertz CT molecular complexity index is 1920. The summed E-state index contributed by atoms with van der Waals surface area (Å²) in [6.07, 6.45) is 3.69. The van der Waals surface area contributed by atoms with Crippen LogP contribution in [-0.2, 0) is 22.4 Å². The van der Waals surface area contributed by atoms with Gasteiger partial charge in [0, 0.05) is 12.4 Å². The van der Waals surface area contributed by atoms with Crippen LogP contribution in [-0.4, -0.2) is 24.6 Å². The molecule has 11 nitrogen and oxygen atoms in total. The van der Waals surface area contributed by atoms with Gasteiger partial charge in [0.25, 0.3) is 0 Å². The van der Waals surface area contributed by atoms with E-state index in [4.69, 9.17) is 33.9 Å². The first kappa shape index (κ1) is 36.1. The maximum absolute atomic E-state index is 10.1. The minimum Gasteiger partial charge on any atom is -0.507 e. The molecule has 0 aliphatic carbocycles. The number of imidazole rings is 1. The molecule has 1 N–H and O–H groups in total. The summed E-state index contributed by atoms with van der Waals surface area (Å²) in [5.74, 6) is 3.09. The minimum absolute atomic E-state index is 0. The number of phenolic OH excluding ortho intramolecular Hbond substituents is 1. The van der Waals surface area contributed by atoms with Crippen LogP contribution in [0.3, 0.4) is 0 Å². The monoisotopic (exact) mass is 767 g/mol. The van der Waals surface area contributed by atoms with Crippen LogP contribution < -0.4 is 13.6 Å². The topological polar surface area (TPSA) is 144 Å². The van der Waals surface area contributed by atoms with Crippen LogP contribution in [0.5, 0.6) is 23.0 Å². The number of hydrogen-bond donors (Lipinski definition) is 1. The maximum atomic E-state index is 10.1. The third-order valence-electron chi connectivity index (χ3n) is 6.43. The molecule has 7 aromatic rings. The Hall–Kier alpha value is -5.71. The summed E-state index contributed by atoms with van der Waals surface area (Å²) in [6, 6.07) is 47.5. The summed E-state index contributed by atoms with van der Waals surface area (Å²) >= 11 is 0. The van der Waals surface area contributed by atoms with Crippen molar-refractivity contribution in [1.29, 1.82) is 0 Å². The van der Waals surface area contributed by atoms with E-state index in [0.29, 0.717) is 11.4 Å². The first-order valence-corrected chi connectivity index (χ1v) is 15.7. The zero-order chi connectivity index (χ0) is 33.6. The normalized spacial score (nSPS) is 9.98. The average molecular weight is 768 g/mol. The molecule has 7 rings (SSSR count). The summed E-state index contributed by atoms with van der Waals surface area (Å²) in [5, 5.41) is 24.9. The van der Waals surface area contributed by atoms with Crippen LogP contribution in [0.1, 0.15) is 0 Å². The van der Waals surface area contributed by atoms with Gasteiger partial charge in [-0.2, -0.15) is 0 Å². The van der Waals surface area contributed by atoms with Crippen LogP contribution in [0, 0.1) is 15.3 Å². The van der Waals surface area contributed by atoms with E-state index >= 15 is 0 Å². The Morgan fingerprint density at radius 3 is 1.59 bits per heavy atom. The fourth-order valence-electron chi connectivity index (χ4n) is 4.40. The predicted molar refractivity (Wildman–Crippen MR) is 185 cm³/mol. The molecule has 0 radical (unpaired) electrons. The van der Waals surface area contributed by atoms with Gasteiger partial charge in [0.15, 0.2) is 17.2 Å². The van der Waals surface area contributed by atoms with Crippen molar-refractivity contribution in [3.63, 3.8) is 0 Å². The Morgan fingerprint density at radius 2 is 1.10 bits per heavy atom. The summed E-state index contributed by atoms with van der Waals surface area (Å²) in [5.41, 5.74) is 3.28. The van der Waals surface area contributed by atoms with E-state index in [1.165, 1.54) is 0 Å². The third-order valence-corrected chi connectivity index (χ3v) is 7.64. The fourth-order valence-corrected chi connectivity index (χ4v) is 5.51. The van der Waals surface area contributed by atoms with Crippen molar-refractivity contribution in [3.05, 3.63) is 179 Å². The molecule has 0 atom stereocenters. The van der Waals surface area contributed by atoms with E-state index < -0.39 is 13.7 Å². The van der Waals surface area contributed by atoms with Crippen molar-refractivity contribution >= 4 is 14.1 Å². The summed E-state index contributed by atoms with van der Waals surface area (Å²) in [7, 11) is -2.00. The number of aromatic nitrogens is 3. The van der Waals surface area contributed by atoms with Crippen LogP contribution in [0.2, 0.25) is 0 Å². The second-order valence-corrected chi connectivity index (χ2v) is 10.8. The summed E-state index contributed by atoms with van der Waals surface area (Å²) in [6.45, 7) is 0. The molecular weight excluding hydrogens is 739 g/mol. The van der Waals surface area contributed by atoms with Crippen molar-refractivity contribution in [2.75, 3.05) is 0 Å². The number of phenols is 1. The van der Waals surface area contributed by atoms with Gasteiger partial charge in [0.1, 0.15) is 17.3 Å². The van der Waals surface area contributed by atoms with E-state index in [2.05, 4.69) is 4.98 Å². The average Bonchev–Trinajstić information content (AvgIpc) is 3.50. The van der Waals surface area contributed by atoms with Crippen molar-refractivity contribution in [1.82, 2.24) is 14.4 Å². The molecule has 0 saturated carbocycles. The molecule has 3 heterocycles. The molecule has 0 unspecified atom stereocenters. The van der Waals surface area contributed by atoms with Gasteiger partial charge in [-0.15, -0.1) is 0 Å². The molecular formula is C36H29AgN4O7P+. The van der Waals surface area contributed by atoms with E-state index in [1.807, 2.05) is 150 Å². The van der Waals surface area contributed by atoms with Gasteiger partial charge in [-0.1, -0.05) is 78.9 Å². The molecule has 0 saturated heterocycles. The van der Waals surface area contributed by atoms with Gasteiger partial charge in [0.2, 0.25) is 0 Å². The van der Waals surface area contributed by atoms with E-state index in [-0.39, 0.29) is 28.1 Å². The fraction of sp³-hybridized carbons (Fsp3) is 0. The third kappa shape index (κ3) is 10.6. The molecule has 0 fully saturated rings. The molecule has 0 aliphatic rings. The molecule has 3 aromatic heterocycles. The number of fused-ring (bicyclic) bond motifs is 1. The zero-order valence-electron chi connectivity index (χ0n) is 25.6. The Balaban J connectivity index is 0.000000196. The van der Waals surface area contributed by atoms with Crippen molar-refractivity contribution in [3.8, 4) is 45.8 Å². The van der Waals surface area contributed by atoms with Gasteiger partial charge in [-0.3, -0.25) is 23.0 Å². The number of benzene rings is 4. The Labute approximate surface area is 298 Å². The van der Waals surface area contributed by atoms with Crippen molar-refractivity contribution < 1.29 is 46.1 Å². The van der Waals surface area contributed by atoms with E-state index in [9.17, 15) is 5.11 Å². The molecule has 250 valence electrons. The van der Waals surface area contributed by atoms with Gasteiger partial charge in [-0.05, 0) is 72.8 Å². The first-order chi connectivity index (χ1) is 23.5. The molecule has 0 amide bonds. The predicted octanol–water partition coefficient (Wildman–Crippen LogP) is 8.71. The number of rotatable bonds is 8.